The zero-order valence-corrected chi connectivity index (χ0v) is 7.48. The first-order chi connectivity index (χ1) is 6.11. The molecule has 1 aromatic rings. The lowest BCUT2D eigenvalue weighted by atomic mass is 10.1. The number of aryl methyl sites for hydroxylation is 1. The number of hydrogen-bond acceptors (Lipinski definition) is 3. The van der Waals surface area contributed by atoms with E-state index in [0.29, 0.717) is 11.3 Å². The predicted molar refractivity (Wildman–Crippen MR) is 48.1 cm³/mol. The van der Waals surface area contributed by atoms with Crippen molar-refractivity contribution in [1.29, 1.82) is 0 Å². The van der Waals surface area contributed by atoms with Crippen LogP contribution in [0.25, 0.3) is 5.57 Å². The number of allylic oxidation sites excluding steroid dienone is 1. The first-order valence-corrected chi connectivity index (χ1v) is 3.80. The van der Waals surface area contributed by atoms with Crippen molar-refractivity contribution < 1.29 is 9.90 Å². The number of aromatic nitrogens is 2. The second kappa shape index (κ2) is 3.80. The molecule has 0 aliphatic rings. The van der Waals surface area contributed by atoms with Gasteiger partial charge in [-0.3, -0.25) is 9.97 Å². The normalized spacial score (nSPS) is 11.4. The summed E-state index contributed by atoms with van der Waals surface area (Å²) in [6, 6.07) is 0. The maximum Gasteiger partial charge on any atom is 0.328 e. The zero-order valence-electron chi connectivity index (χ0n) is 7.48. The summed E-state index contributed by atoms with van der Waals surface area (Å²) in [5, 5.41) is 8.51. The lowest BCUT2D eigenvalue weighted by Crippen LogP contribution is -1.96. The highest BCUT2D eigenvalue weighted by Crippen LogP contribution is 2.12. The smallest absolute Gasteiger partial charge is 0.328 e. The Morgan fingerprint density at radius 1 is 1.46 bits per heavy atom. The molecule has 0 amide bonds. The van der Waals surface area contributed by atoms with Crippen LogP contribution >= 0.6 is 0 Å². The van der Waals surface area contributed by atoms with Gasteiger partial charge in [-0.15, -0.1) is 0 Å². The quantitative estimate of drug-likeness (QED) is 0.693. The van der Waals surface area contributed by atoms with Gasteiger partial charge in [0.15, 0.2) is 0 Å². The molecule has 0 spiro atoms. The Morgan fingerprint density at radius 2 is 2.08 bits per heavy atom. The van der Waals surface area contributed by atoms with E-state index >= 15 is 0 Å². The van der Waals surface area contributed by atoms with Gasteiger partial charge in [-0.2, -0.15) is 0 Å². The monoisotopic (exact) mass is 178 g/mol. The summed E-state index contributed by atoms with van der Waals surface area (Å²) in [4.78, 5) is 18.4. The number of rotatable bonds is 2. The number of carboxylic acids is 1. The van der Waals surface area contributed by atoms with Gasteiger partial charge in [-0.25, -0.2) is 4.79 Å². The lowest BCUT2D eigenvalue weighted by molar-refractivity contribution is -0.131. The van der Waals surface area contributed by atoms with E-state index in [1.165, 1.54) is 0 Å². The third-order valence-corrected chi connectivity index (χ3v) is 1.59. The Bertz CT molecular complexity index is 358. The molecule has 1 N–H and O–H groups in total. The minimum atomic E-state index is -0.970. The lowest BCUT2D eigenvalue weighted by Gasteiger charge is -2.01. The summed E-state index contributed by atoms with van der Waals surface area (Å²) in [5.74, 6) is -0.970. The van der Waals surface area contributed by atoms with Gasteiger partial charge in [-0.1, -0.05) is 0 Å². The van der Waals surface area contributed by atoms with E-state index in [1.54, 1.807) is 26.2 Å². The van der Waals surface area contributed by atoms with Crippen molar-refractivity contribution in [1.82, 2.24) is 9.97 Å². The SMILES string of the molecule is C/C(=C\C(=O)O)c1nccnc1C. The summed E-state index contributed by atoms with van der Waals surface area (Å²) >= 11 is 0. The third-order valence-electron chi connectivity index (χ3n) is 1.59. The fourth-order valence-electron chi connectivity index (χ4n) is 1.05. The molecule has 0 fully saturated rings. The average molecular weight is 178 g/mol. The van der Waals surface area contributed by atoms with Crippen molar-refractivity contribution in [3.8, 4) is 0 Å². The van der Waals surface area contributed by atoms with Gasteiger partial charge in [0.05, 0.1) is 11.4 Å². The topological polar surface area (TPSA) is 63.1 Å². The van der Waals surface area contributed by atoms with E-state index in [0.717, 1.165) is 11.8 Å². The molecule has 1 aromatic heterocycles. The largest absolute Gasteiger partial charge is 0.478 e. The number of hydrogen-bond donors (Lipinski definition) is 1. The van der Waals surface area contributed by atoms with Crippen LogP contribution in [0.2, 0.25) is 0 Å². The summed E-state index contributed by atoms with van der Waals surface area (Å²) in [5.41, 5.74) is 1.97. The van der Waals surface area contributed by atoms with Crippen LogP contribution in [0.4, 0.5) is 0 Å². The summed E-state index contributed by atoms with van der Waals surface area (Å²) in [7, 11) is 0. The molecule has 0 unspecified atom stereocenters. The van der Waals surface area contributed by atoms with Gasteiger partial charge < -0.3 is 5.11 Å². The van der Waals surface area contributed by atoms with Crippen LogP contribution in [-0.4, -0.2) is 21.0 Å². The molecule has 0 saturated heterocycles. The summed E-state index contributed by atoms with van der Waals surface area (Å²) in [6.07, 6.45) is 4.24. The van der Waals surface area contributed by atoms with Gasteiger partial charge in [-0.05, 0) is 19.4 Å². The van der Waals surface area contributed by atoms with Gasteiger partial charge in [0.2, 0.25) is 0 Å². The van der Waals surface area contributed by atoms with Crippen LogP contribution in [-0.2, 0) is 4.79 Å². The van der Waals surface area contributed by atoms with E-state index in [1.807, 2.05) is 0 Å². The third kappa shape index (κ3) is 2.37. The molecule has 0 saturated carbocycles. The number of carbonyl (C=O) groups is 1. The Labute approximate surface area is 76.0 Å². The molecular weight excluding hydrogens is 168 g/mol. The molecule has 0 aromatic carbocycles. The van der Waals surface area contributed by atoms with Crippen LogP contribution in [0.1, 0.15) is 18.3 Å². The van der Waals surface area contributed by atoms with E-state index < -0.39 is 5.97 Å². The second-order valence-electron chi connectivity index (χ2n) is 2.66. The standard InChI is InChI=1S/C9H10N2O2/c1-6(5-8(12)13)9-7(2)10-3-4-11-9/h3-5H,1-2H3,(H,12,13)/b6-5+. The number of carboxylic acid groups (broad SMARTS) is 1. The van der Waals surface area contributed by atoms with E-state index in [9.17, 15) is 4.79 Å². The van der Waals surface area contributed by atoms with Gasteiger partial charge in [0.25, 0.3) is 0 Å². The summed E-state index contributed by atoms with van der Waals surface area (Å²) < 4.78 is 0. The van der Waals surface area contributed by atoms with Gasteiger partial charge >= 0.3 is 5.97 Å². The Hall–Kier alpha value is -1.71. The predicted octanol–water partition coefficient (Wildman–Crippen LogP) is 1.27. The molecular formula is C9H10N2O2. The van der Waals surface area contributed by atoms with Crippen molar-refractivity contribution >= 4 is 11.5 Å². The van der Waals surface area contributed by atoms with E-state index in [4.69, 9.17) is 5.11 Å². The molecule has 1 heterocycles. The minimum absolute atomic E-state index is 0.609. The Morgan fingerprint density at radius 3 is 2.62 bits per heavy atom. The molecule has 1 rings (SSSR count). The van der Waals surface area contributed by atoms with Crippen molar-refractivity contribution in [3.05, 3.63) is 29.9 Å². The fourth-order valence-corrected chi connectivity index (χ4v) is 1.05. The first kappa shape index (κ1) is 9.38. The minimum Gasteiger partial charge on any atom is -0.478 e. The van der Waals surface area contributed by atoms with Crippen LogP contribution in [0, 0.1) is 6.92 Å². The van der Waals surface area contributed by atoms with Crippen molar-refractivity contribution in [2.24, 2.45) is 0 Å². The zero-order chi connectivity index (χ0) is 9.84. The molecule has 0 atom stereocenters. The van der Waals surface area contributed by atoms with Gasteiger partial charge in [0, 0.05) is 18.5 Å². The highest BCUT2D eigenvalue weighted by Gasteiger charge is 2.03. The molecule has 0 aliphatic carbocycles. The van der Waals surface area contributed by atoms with Crippen LogP contribution in [0.3, 0.4) is 0 Å². The molecule has 4 nitrogen and oxygen atoms in total. The second-order valence-corrected chi connectivity index (χ2v) is 2.66. The van der Waals surface area contributed by atoms with Gasteiger partial charge in [0.1, 0.15) is 0 Å². The van der Waals surface area contributed by atoms with Crippen LogP contribution in [0.5, 0.6) is 0 Å². The maximum atomic E-state index is 10.4. The average Bonchev–Trinajstić information content (AvgIpc) is 2.03. The molecule has 0 radical (unpaired) electrons. The van der Waals surface area contributed by atoms with E-state index in [-0.39, 0.29) is 0 Å². The molecule has 4 heteroatoms. The Kier molecular flexibility index (Phi) is 2.74. The molecule has 13 heavy (non-hydrogen) atoms. The number of aliphatic carboxylic acids is 1. The fraction of sp³-hybridized carbons (Fsp3) is 0.222. The van der Waals surface area contributed by atoms with Crippen molar-refractivity contribution in [3.63, 3.8) is 0 Å². The highest BCUT2D eigenvalue weighted by molar-refractivity contribution is 5.89. The summed E-state index contributed by atoms with van der Waals surface area (Å²) in [6.45, 7) is 3.49. The highest BCUT2D eigenvalue weighted by atomic mass is 16.4. The van der Waals surface area contributed by atoms with E-state index in [2.05, 4.69) is 9.97 Å². The van der Waals surface area contributed by atoms with Crippen LogP contribution < -0.4 is 0 Å². The molecule has 0 bridgehead atoms. The Balaban J connectivity index is 3.08. The maximum absolute atomic E-state index is 10.4. The molecule has 0 aliphatic heterocycles. The van der Waals surface area contributed by atoms with Crippen molar-refractivity contribution in [2.45, 2.75) is 13.8 Å². The first-order valence-electron chi connectivity index (χ1n) is 3.80. The van der Waals surface area contributed by atoms with Crippen molar-refractivity contribution in [2.75, 3.05) is 0 Å². The number of nitrogens with zero attached hydrogens (tertiary/aromatic N) is 2. The van der Waals surface area contributed by atoms with Crippen LogP contribution in [0.15, 0.2) is 18.5 Å². The molecule has 68 valence electrons.